The number of benzene rings is 3. The van der Waals surface area contributed by atoms with Crippen molar-refractivity contribution in [3.05, 3.63) is 90.4 Å². The topological polar surface area (TPSA) is 73.1 Å². The first kappa shape index (κ1) is 22.1. The van der Waals surface area contributed by atoms with E-state index in [2.05, 4.69) is 33.2 Å². The molecule has 3 aromatic heterocycles. The van der Waals surface area contributed by atoms with Gasteiger partial charge in [0.1, 0.15) is 11.3 Å². The van der Waals surface area contributed by atoms with Gasteiger partial charge in [0, 0.05) is 56.2 Å². The summed E-state index contributed by atoms with van der Waals surface area (Å²) in [5.41, 5.74) is 4.12. The fourth-order valence-corrected chi connectivity index (χ4v) is 4.26. The van der Waals surface area contributed by atoms with Crippen molar-refractivity contribution in [1.29, 1.82) is 0 Å². The molecule has 6 nitrogen and oxygen atoms in total. The van der Waals surface area contributed by atoms with E-state index >= 15 is 0 Å². The Hall–Kier alpha value is -3.76. The Balaban J connectivity index is 0.00000241. The molecule has 170 valence electrons. The predicted octanol–water partition coefficient (Wildman–Crippen LogP) is 6.03. The molecule has 3 aromatic carbocycles. The molecule has 3 heterocycles. The molecular weight excluding hydrogens is 607 g/mol. The molecule has 0 bridgehead atoms. The molecule has 0 amide bonds. The van der Waals surface area contributed by atoms with Crippen LogP contribution < -0.4 is 4.74 Å². The van der Waals surface area contributed by atoms with Gasteiger partial charge in [-0.2, -0.15) is 6.07 Å². The van der Waals surface area contributed by atoms with Crippen molar-refractivity contribution < 1.29 is 30.9 Å². The monoisotopic (exact) mass is 626 g/mol. The number of rotatable bonds is 3. The normalized spacial score (nSPS) is 11.1. The van der Waals surface area contributed by atoms with Gasteiger partial charge in [0.15, 0.2) is 5.82 Å². The second-order valence-corrected chi connectivity index (χ2v) is 8.01. The van der Waals surface area contributed by atoms with E-state index in [9.17, 15) is 5.11 Å². The minimum atomic E-state index is 0. The molecule has 1 N–H and O–H groups in total. The molecule has 0 aliphatic carbocycles. The molecule has 7 heteroatoms. The Morgan fingerprint density at radius 1 is 0.912 bits per heavy atom. The Kier molecular flexibility index (Phi) is 5.54. The van der Waals surface area contributed by atoms with E-state index in [0.717, 1.165) is 38.3 Å². The molecule has 0 saturated heterocycles. The molecule has 6 rings (SSSR count). The number of nitrogens with zero attached hydrogens (tertiary/aromatic N) is 4. The van der Waals surface area contributed by atoms with Gasteiger partial charge in [-0.1, -0.05) is 35.8 Å². The van der Waals surface area contributed by atoms with Crippen molar-refractivity contribution in [2.24, 2.45) is 0 Å². The van der Waals surface area contributed by atoms with Crippen molar-refractivity contribution in [1.82, 2.24) is 19.5 Å². The number of phenols is 1. The molecule has 0 atom stereocenters. The molecule has 0 aliphatic heterocycles. The summed E-state index contributed by atoms with van der Waals surface area (Å²) in [4.78, 5) is 13.3. The van der Waals surface area contributed by atoms with E-state index in [1.165, 1.54) is 0 Å². The average molecular weight is 627 g/mol. The predicted molar refractivity (Wildman–Crippen MR) is 128 cm³/mol. The molecular formula is C27H19N4O2Pt-. The zero-order valence-corrected chi connectivity index (χ0v) is 20.7. The molecule has 6 aromatic rings. The Bertz CT molecular complexity index is 1680. The Labute approximate surface area is 210 Å². The van der Waals surface area contributed by atoms with E-state index in [1.54, 1.807) is 18.6 Å². The van der Waals surface area contributed by atoms with E-state index in [0.29, 0.717) is 23.0 Å². The largest absolute Gasteiger partial charge is 0.505 e. The van der Waals surface area contributed by atoms with Crippen molar-refractivity contribution >= 4 is 32.7 Å². The number of fused-ring (bicyclic) bond motifs is 4. The van der Waals surface area contributed by atoms with E-state index in [-0.39, 0.29) is 26.8 Å². The molecule has 0 unspecified atom stereocenters. The summed E-state index contributed by atoms with van der Waals surface area (Å²) >= 11 is 0. The molecule has 34 heavy (non-hydrogen) atoms. The third-order valence-electron chi connectivity index (χ3n) is 5.89. The number of hydrogen-bond donors (Lipinski definition) is 1. The van der Waals surface area contributed by atoms with E-state index < -0.39 is 0 Å². The van der Waals surface area contributed by atoms with Gasteiger partial charge in [-0.05, 0) is 36.4 Å². The summed E-state index contributed by atoms with van der Waals surface area (Å²) in [7, 11) is 0. The summed E-state index contributed by atoms with van der Waals surface area (Å²) in [5.74, 6) is 1.80. The number of aromatic nitrogens is 4. The first-order chi connectivity index (χ1) is 16.1. The van der Waals surface area contributed by atoms with Crippen LogP contribution in [0.5, 0.6) is 17.4 Å². The summed E-state index contributed by atoms with van der Waals surface area (Å²) in [6, 6.07) is 21.2. The minimum absolute atomic E-state index is 0. The van der Waals surface area contributed by atoms with Crippen LogP contribution in [-0.4, -0.2) is 24.6 Å². The maximum atomic E-state index is 10.5. The van der Waals surface area contributed by atoms with Crippen LogP contribution in [0, 0.1) is 19.9 Å². The average Bonchev–Trinajstić information content (AvgIpc) is 3.16. The molecule has 0 fully saturated rings. The smallest absolute Gasteiger partial charge is 0.217 e. The van der Waals surface area contributed by atoms with Crippen LogP contribution in [0.25, 0.3) is 38.5 Å². The molecule has 0 spiro atoms. The number of para-hydroxylation sites is 1. The van der Waals surface area contributed by atoms with Gasteiger partial charge in [0.2, 0.25) is 5.88 Å². The van der Waals surface area contributed by atoms with Gasteiger partial charge in [0.05, 0.1) is 6.20 Å². The SMILES string of the molecule is Cc1ccc2c(C)cc(Oc3[c-]c4c(cc3)c3ccccc3n4-c3cnccn3)nc2c1O.[Pt]. The van der Waals surface area contributed by atoms with Crippen LogP contribution in [0.1, 0.15) is 11.1 Å². The zero-order valence-electron chi connectivity index (χ0n) is 18.4. The Morgan fingerprint density at radius 3 is 2.56 bits per heavy atom. The summed E-state index contributed by atoms with van der Waals surface area (Å²) in [5, 5.41) is 13.6. The minimum Gasteiger partial charge on any atom is -0.505 e. The number of pyridine rings is 1. The van der Waals surface area contributed by atoms with Crippen LogP contribution in [0.3, 0.4) is 0 Å². The first-order valence-electron chi connectivity index (χ1n) is 10.6. The third kappa shape index (κ3) is 3.51. The summed E-state index contributed by atoms with van der Waals surface area (Å²) < 4.78 is 8.16. The van der Waals surface area contributed by atoms with Gasteiger partial charge in [-0.15, -0.1) is 17.5 Å². The Morgan fingerprint density at radius 2 is 1.74 bits per heavy atom. The molecule has 0 aliphatic rings. The number of phenolic OH excluding ortho intramolecular Hbond substituents is 1. The first-order valence-corrected chi connectivity index (χ1v) is 10.6. The van der Waals surface area contributed by atoms with E-state index in [4.69, 9.17) is 4.74 Å². The van der Waals surface area contributed by atoms with Gasteiger partial charge < -0.3 is 14.4 Å². The van der Waals surface area contributed by atoms with Crippen molar-refractivity contribution in [3.63, 3.8) is 0 Å². The van der Waals surface area contributed by atoms with Crippen LogP contribution in [0.15, 0.2) is 73.2 Å². The fourth-order valence-electron chi connectivity index (χ4n) is 4.26. The van der Waals surface area contributed by atoms with Crippen LogP contribution in [0.4, 0.5) is 0 Å². The van der Waals surface area contributed by atoms with Crippen molar-refractivity contribution in [3.8, 4) is 23.2 Å². The van der Waals surface area contributed by atoms with Gasteiger partial charge in [-0.3, -0.25) is 4.98 Å². The van der Waals surface area contributed by atoms with Crippen LogP contribution in [-0.2, 0) is 21.1 Å². The maximum absolute atomic E-state index is 10.5. The number of hydrogen-bond acceptors (Lipinski definition) is 5. The number of ether oxygens (including phenoxy) is 1. The zero-order chi connectivity index (χ0) is 22.5. The standard InChI is InChI=1S/C27H19N4O2.Pt/c1-16-7-9-19-17(2)13-25(30-26(19)27(16)32)33-18-8-10-21-20-5-3-4-6-22(20)31(23(21)14-18)24-15-28-11-12-29-24;/h3-13,15,32H,1-2H3;/q-1;. The van der Waals surface area contributed by atoms with Gasteiger partial charge in [-0.25, -0.2) is 9.97 Å². The second kappa shape index (κ2) is 8.54. The van der Waals surface area contributed by atoms with Crippen molar-refractivity contribution in [2.45, 2.75) is 13.8 Å². The van der Waals surface area contributed by atoms with Crippen molar-refractivity contribution in [2.75, 3.05) is 0 Å². The number of aryl methyl sites for hydroxylation is 2. The second-order valence-electron chi connectivity index (χ2n) is 8.01. The summed E-state index contributed by atoms with van der Waals surface area (Å²) in [6.07, 6.45) is 5.06. The molecule has 0 radical (unpaired) electrons. The third-order valence-corrected chi connectivity index (χ3v) is 5.89. The maximum Gasteiger partial charge on any atom is 0.217 e. The van der Waals surface area contributed by atoms with Crippen LogP contribution in [0.2, 0.25) is 0 Å². The summed E-state index contributed by atoms with van der Waals surface area (Å²) in [6.45, 7) is 3.83. The van der Waals surface area contributed by atoms with Crippen LogP contribution >= 0.6 is 0 Å². The fraction of sp³-hybridized carbons (Fsp3) is 0.0741. The number of aromatic hydroxyl groups is 1. The van der Waals surface area contributed by atoms with Gasteiger partial charge in [0.25, 0.3) is 0 Å². The van der Waals surface area contributed by atoms with Gasteiger partial charge >= 0.3 is 0 Å². The van der Waals surface area contributed by atoms with E-state index in [1.807, 2.05) is 60.9 Å². The molecule has 0 saturated carbocycles. The quantitative estimate of drug-likeness (QED) is 0.243.